The van der Waals surface area contributed by atoms with Gasteiger partial charge >= 0.3 is 0 Å². The number of halogens is 3. The first-order chi connectivity index (χ1) is 12.0. The molecule has 0 saturated carbocycles. The number of piperazine rings is 1. The molecule has 2 aromatic rings. The van der Waals surface area contributed by atoms with Crippen LogP contribution in [0, 0.1) is 5.82 Å². The fourth-order valence-corrected chi connectivity index (χ4v) is 3.11. The third-order valence-corrected chi connectivity index (χ3v) is 4.70. The molecule has 0 amide bonds. The number of benzene rings is 2. The molecule has 0 unspecified atom stereocenters. The van der Waals surface area contributed by atoms with Gasteiger partial charge in [-0.15, -0.1) is 0 Å². The van der Waals surface area contributed by atoms with Crippen molar-refractivity contribution in [2.45, 2.75) is 0 Å². The third kappa shape index (κ3) is 4.53. The monoisotopic (exact) mass is 378 g/mol. The van der Waals surface area contributed by atoms with E-state index >= 15 is 0 Å². The van der Waals surface area contributed by atoms with Gasteiger partial charge in [-0.1, -0.05) is 23.2 Å². The Morgan fingerprint density at radius 1 is 1.00 bits per heavy atom. The predicted molar refractivity (Wildman–Crippen MR) is 100 cm³/mol. The zero-order valence-corrected chi connectivity index (χ0v) is 15.0. The van der Waals surface area contributed by atoms with Crippen molar-refractivity contribution in [2.75, 3.05) is 31.1 Å². The molecular formula is C19H17Cl2FN2O. The van der Waals surface area contributed by atoms with E-state index in [1.54, 1.807) is 36.5 Å². The molecular weight excluding hydrogens is 362 g/mol. The summed E-state index contributed by atoms with van der Waals surface area (Å²) in [6.45, 7) is 3.18. The number of ketones is 1. The van der Waals surface area contributed by atoms with Crippen LogP contribution in [-0.2, 0) is 0 Å². The molecule has 130 valence electrons. The maximum atomic E-state index is 13.0. The zero-order valence-electron chi connectivity index (χ0n) is 13.5. The van der Waals surface area contributed by atoms with Crippen molar-refractivity contribution in [3.8, 4) is 0 Å². The molecule has 0 radical (unpaired) electrons. The van der Waals surface area contributed by atoms with Gasteiger partial charge in [0.2, 0.25) is 0 Å². The summed E-state index contributed by atoms with van der Waals surface area (Å²) in [6, 6.07) is 11.3. The lowest BCUT2D eigenvalue weighted by molar-refractivity contribution is 0.104. The first-order valence-electron chi connectivity index (χ1n) is 7.95. The Labute approximate surface area is 156 Å². The molecule has 6 heteroatoms. The quantitative estimate of drug-likeness (QED) is 0.571. The number of nitrogens with zero attached hydrogens (tertiary/aromatic N) is 2. The number of hydrogen-bond donors (Lipinski definition) is 0. The van der Waals surface area contributed by atoms with E-state index in [9.17, 15) is 9.18 Å². The van der Waals surface area contributed by atoms with Gasteiger partial charge in [-0.3, -0.25) is 4.79 Å². The summed E-state index contributed by atoms with van der Waals surface area (Å²) in [7, 11) is 0. The fourth-order valence-electron chi connectivity index (χ4n) is 2.73. The number of carbonyl (C=O) groups is 1. The van der Waals surface area contributed by atoms with Crippen molar-refractivity contribution >= 4 is 34.7 Å². The van der Waals surface area contributed by atoms with Gasteiger partial charge in [0.1, 0.15) is 5.82 Å². The first kappa shape index (κ1) is 17.8. The summed E-state index contributed by atoms with van der Waals surface area (Å²) in [5.41, 5.74) is 1.40. The van der Waals surface area contributed by atoms with Crippen LogP contribution in [-0.4, -0.2) is 36.9 Å². The van der Waals surface area contributed by atoms with Gasteiger partial charge in [-0.25, -0.2) is 4.39 Å². The Morgan fingerprint density at radius 3 is 2.36 bits per heavy atom. The molecule has 0 N–H and O–H groups in total. The molecule has 3 nitrogen and oxygen atoms in total. The van der Waals surface area contributed by atoms with Crippen LogP contribution < -0.4 is 4.90 Å². The lowest BCUT2D eigenvalue weighted by atomic mass is 10.1. The number of allylic oxidation sites excluding steroid dienone is 1. The highest BCUT2D eigenvalue weighted by Crippen LogP contribution is 2.22. The molecule has 0 bridgehead atoms. The molecule has 1 aliphatic heterocycles. The molecule has 0 spiro atoms. The van der Waals surface area contributed by atoms with E-state index < -0.39 is 0 Å². The average molecular weight is 379 g/mol. The topological polar surface area (TPSA) is 23.6 Å². The highest BCUT2D eigenvalue weighted by atomic mass is 35.5. The van der Waals surface area contributed by atoms with E-state index in [2.05, 4.69) is 9.80 Å². The Hall–Kier alpha value is -2.04. The molecule has 2 aromatic carbocycles. The number of carbonyl (C=O) groups excluding carboxylic acids is 1. The number of hydrogen-bond acceptors (Lipinski definition) is 3. The minimum atomic E-state index is -0.233. The molecule has 0 atom stereocenters. The van der Waals surface area contributed by atoms with E-state index in [0.717, 1.165) is 31.9 Å². The zero-order chi connectivity index (χ0) is 17.8. The third-order valence-electron chi connectivity index (χ3n) is 4.14. The summed E-state index contributed by atoms with van der Waals surface area (Å²) in [5.74, 6) is -0.406. The normalized spacial score (nSPS) is 15.0. The van der Waals surface area contributed by atoms with Crippen molar-refractivity contribution in [1.82, 2.24) is 4.90 Å². The summed E-state index contributed by atoms with van der Waals surface area (Å²) in [5, 5.41) is 0.870. The van der Waals surface area contributed by atoms with E-state index in [4.69, 9.17) is 23.2 Å². The van der Waals surface area contributed by atoms with Crippen LogP contribution in [0.2, 0.25) is 10.0 Å². The lowest BCUT2D eigenvalue weighted by Gasteiger charge is -2.35. The van der Waals surface area contributed by atoms with E-state index in [0.29, 0.717) is 15.6 Å². The minimum Gasteiger partial charge on any atom is -0.374 e. The molecule has 1 heterocycles. The maximum absolute atomic E-state index is 13.0. The van der Waals surface area contributed by atoms with Gasteiger partial charge in [0.15, 0.2) is 5.78 Å². The van der Waals surface area contributed by atoms with Crippen molar-refractivity contribution < 1.29 is 9.18 Å². The standard InChI is InChI=1S/C19H17Cl2FN2O/c20-14-1-6-18(21)17(13-14)19(25)7-8-23-9-11-24(12-10-23)16-4-2-15(22)3-5-16/h1-8,13H,9-12H2/b8-7+. The van der Waals surface area contributed by atoms with Crippen LogP contribution in [0.4, 0.5) is 10.1 Å². The molecule has 1 saturated heterocycles. The fraction of sp³-hybridized carbons (Fsp3) is 0.211. The number of anilines is 1. The van der Waals surface area contributed by atoms with Gasteiger partial charge in [0.05, 0.1) is 5.02 Å². The van der Waals surface area contributed by atoms with Crippen LogP contribution in [0.1, 0.15) is 10.4 Å². The molecule has 1 fully saturated rings. The van der Waals surface area contributed by atoms with Crippen LogP contribution >= 0.6 is 23.2 Å². The van der Waals surface area contributed by atoms with Gasteiger partial charge in [-0.2, -0.15) is 0 Å². The maximum Gasteiger partial charge on any atom is 0.188 e. The number of rotatable bonds is 4. The Kier molecular flexibility index (Phi) is 5.61. The SMILES string of the molecule is O=C(/C=C/N1CCN(c2ccc(F)cc2)CC1)c1cc(Cl)ccc1Cl. The summed E-state index contributed by atoms with van der Waals surface area (Å²) >= 11 is 12.0. The van der Waals surface area contributed by atoms with E-state index in [1.165, 1.54) is 18.2 Å². The second-order valence-corrected chi connectivity index (χ2v) is 6.65. The van der Waals surface area contributed by atoms with Crippen LogP contribution in [0.25, 0.3) is 0 Å². The highest BCUT2D eigenvalue weighted by molar-refractivity contribution is 6.36. The van der Waals surface area contributed by atoms with Crippen LogP contribution in [0.5, 0.6) is 0 Å². The highest BCUT2D eigenvalue weighted by Gasteiger charge is 2.15. The van der Waals surface area contributed by atoms with Crippen molar-refractivity contribution in [2.24, 2.45) is 0 Å². The van der Waals surface area contributed by atoms with E-state index in [1.807, 2.05) is 0 Å². The van der Waals surface area contributed by atoms with Crippen molar-refractivity contribution in [3.05, 3.63) is 76.2 Å². The van der Waals surface area contributed by atoms with Crippen LogP contribution in [0.15, 0.2) is 54.7 Å². The van der Waals surface area contributed by atoms with Gasteiger partial charge in [0, 0.05) is 54.7 Å². The Bertz CT molecular complexity index is 785. The van der Waals surface area contributed by atoms with Gasteiger partial charge in [-0.05, 0) is 42.5 Å². The largest absolute Gasteiger partial charge is 0.374 e. The molecule has 3 rings (SSSR count). The molecule has 25 heavy (non-hydrogen) atoms. The molecule has 0 aliphatic carbocycles. The summed E-state index contributed by atoms with van der Waals surface area (Å²) in [4.78, 5) is 16.5. The first-order valence-corrected chi connectivity index (χ1v) is 8.71. The van der Waals surface area contributed by atoms with Gasteiger partial charge < -0.3 is 9.80 Å². The second-order valence-electron chi connectivity index (χ2n) is 5.80. The van der Waals surface area contributed by atoms with E-state index in [-0.39, 0.29) is 11.6 Å². The van der Waals surface area contributed by atoms with Crippen LogP contribution in [0.3, 0.4) is 0 Å². The predicted octanol–water partition coefficient (Wildman–Crippen LogP) is 4.65. The minimum absolute atomic E-state index is 0.173. The molecule has 0 aromatic heterocycles. The molecule has 1 aliphatic rings. The van der Waals surface area contributed by atoms with Gasteiger partial charge in [0.25, 0.3) is 0 Å². The summed E-state index contributed by atoms with van der Waals surface area (Å²) in [6.07, 6.45) is 3.31. The average Bonchev–Trinajstić information content (AvgIpc) is 2.63. The van der Waals surface area contributed by atoms with Crippen molar-refractivity contribution in [1.29, 1.82) is 0 Å². The lowest BCUT2D eigenvalue weighted by Crippen LogP contribution is -2.44. The van der Waals surface area contributed by atoms with Crippen molar-refractivity contribution in [3.63, 3.8) is 0 Å². The smallest absolute Gasteiger partial charge is 0.188 e. The Balaban J connectivity index is 1.58. The Morgan fingerprint density at radius 2 is 1.68 bits per heavy atom. The summed E-state index contributed by atoms with van der Waals surface area (Å²) < 4.78 is 13.0. The second kappa shape index (κ2) is 7.89.